The number of aryl methyl sites for hydroxylation is 2. The first-order valence-electron chi connectivity index (χ1n) is 8.29. The van der Waals surface area contributed by atoms with Gasteiger partial charge < -0.3 is 15.0 Å². The lowest BCUT2D eigenvalue weighted by atomic mass is 10.0. The summed E-state index contributed by atoms with van der Waals surface area (Å²) in [5, 5.41) is 6.88. The molecular formula is C18H22N4O3. The molecule has 1 aliphatic heterocycles. The first kappa shape index (κ1) is 17.2. The first-order chi connectivity index (χ1) is 12.1. The molecule has 3 rings (SSSR count). The van der Waals surface area contributed by atoms with Crippen LogP contribution in [-0.2, 0) is 27.8 Å². The third kappa shape index (κ3) is 3.56. The second-order valence-corrected chi connectivity index (χ2v) is 6.05. The van der Waals surface area contributed by atoms with Gasteiger partial charge in [-0.05, 0) is 30.5 Å². The van der Waals surface area contributed by atoms with Crippen LogP contribution >= 0.6 is 0 Å². The lowest BCUT2D eigenvalue weighted by Crippen LogP contribution is -2.47. The molecule has 25 heavy (non-hydrogen) atoms. The van der Waals surface area contributed by atoms with Gasteiger partial charge in [-0.15, -0.1) is 0 Å². The Morgan fingerprint density at radius 2 is 2.12 bits per heavy atom. The third-order valence-electron chi connectivity index (χ3n) is 4.40. The molecular weight excluding hydrogens is 320 g/mol. The fraction of sp³-hybridized carbons (Fsp3) is 0.389. The largest absolute Gasteiger partial charge is 0.382 e. The van der Waals surface area contributed by atoms with Crippen molar-refractivity contribution < 1.29 is 14.3 Å². The van der Waals surface area contributed by atoms with Gasteiger partial charge in [-0.25, -0.2) is 0 Å². The number of carbonyl (C=O) groups excluding carboxylic acids is 2. The summed E-state index contributed by atoms with van der Waals surface area (Å²) in [6.45, 7) is 0.805. The Kier molecular flexibility index (Phi) is 5.14. The molecule has 0 saturated heterocycles. The van der Waals surface area contributed by atoms with Crippen LogP contribution in [0.25, 0.3) is 0 Å². The normalized spacial score (nSPS) is 14.7. The van der Waals surface area contributed by atoms with E-state index in [9.17, 15) is 9.59 Å². The monoisotopic (exact) mass is 342 g/mol. The highest BCUT2D eigenvalue weighted by Gasteiger charge is 2.29. The van der Waals surface area contributed by atoms with Crippen molar-refractivity contribution in [1.82, 2.24) is 15.1 Å². The van der Waals surface area contributed by atoms with E-state index in [1.807, 2.05) is 24.3 Å². The lowest BCUT2D eigenvalue weighted by molar-refractivity contribution is -0.138. The molecule has 1 aromatic heterocycles. The van der Waals surface area contributed by atoms with Crippen LogP contribution in [0.4, 0.5) is 5.69 Å². The average Bonchev–Trinajstić information content (AvgIpc) is 3.06. The van der Waals surface area contributed by atoms with Crippen LogP contribution in [0.1, 0.15) is 23.7 Å². The van der Waals surface area contributed by atoms with Crippen molar-refractivity contribution in [3.8, 4) is 0 Å². The number of hydrogen-bond donors (Lipinski definition) is 1. The fourth-order valence-corrected chi connectivity index (χ4v) is 3.18. The Morgan fingerprint density at radius 1 is 1.32 bits per heavy atom. The van der Waals surface area contributed by atoms with Gasteiger partial charge in [0.2, 0.25) is 0 Å². The molecule has 0 unspecified atom stereocenters. The van der Waals surface area contributed by atoms with Crippen LogP contribution in [0, 0.1) is 0 Å². The molecule has 0 aliphatic carbocycles. The highest BCUT2D eigenvalue weighted by molar-refractivity contribution is 6.40. The van der Waals surface area contributed by atoms with E-state index in [4.69, 9.17) is 4.74 Å². The number of carbonyl (C=O) groups is 2. The van der Waals surface area contributed by atoms with Crippen LogP contribution in [0.2, 0.25) is 0 Å². The van der Waals surface area contributed by atoms with Crippen LogP contribution in [0.5, 0.6) is 0 Å². The Bertz CT molecular complexity index is 771. The van der Waals surface area contributed by atoms with E-state index < -0.39 is 17.9 Å². The Balaban J connectivity index is 1.76. The van der Waals surface area contributed by atoms with Crippen LogP contribution in [-0.4, -0.2) is 41.9 Å². The minimum atomic E-state index is -0.639. The molecule has 1 N–H and O–H groups in total. The molecule has 2 amide bonds. The summed E-state index contributed by atoms with van der Waals surface area (Å²) >= 11 is 0. The molecule has 1 atom stereocenters. The number of aromatic nitrogens is 2. The Morgan fingerprint density at radius 3 is 2.84 bits per heavy atom. The zero-order valence-electron chi connectivity index (χ0n) is 14.4. The number of hydrogen-bond acceptors (Lipinski definition) is 4. The molecule has 0 spiro atoms. The molecule has 0 saturated carbocycles. The number of nitrogens with one attached hydrogen (secondary N) is 1. The highest BCUT2D eigenvalue weighted by Crippen LogP contribution is 2.26. The van der Waals surface area contributed by atoms with E-state index in [2.05, 4.69) is 10.4 Å². The number of amides is 2. The Labute approximate surface area is 146 Å². The lowest BCUT2D eigenvalue weighted by Gasteiger charge is -2.29. The number of nitrogens with zero attached hydrogens (tertiary/aromatic N) is 3. The molecule has 0 radical (unpaired) electrons. The summed E-state index contributed by atoms with van der Waals surface area (Å²) in [6, 6.07) is 9.07. The number of para-hydroxylation sites is 1. The van der Waals surface area contributed by atoms with Crippen molar-refractivity contribution in [2.45, 2.75) is 18.9 Å². The summed E-state index contributed by atoms with van der Waals surface area (Å²) in [5.74, 6) is -1.18. The van der Waals surface area contributed by atoms with Gasteiger partial charge in [-0.1, -0.05) is 18.2 Å². The Hall–Kier alpha value is -2.67. The van der Waals surface area contributed by atoms with E-state index in [0.29, 0.717) is 6.54 Å². The summed E-state index contributed by atoms with van der Waals surface area (Å²) in [5.41, 5.74) is 2.69. The van der Waals surface area contributed by atoms with Crippen molar-refractivity contribution in [3.63, 3.8) is 0 Å². The minimum Gasteiger partial charge on any atom is -0.382 e. The molecule has 132 valence electrons. The van der Waals surface area contributed by atoms with Gasteiger partial charge in [-0.3, -0.25) is 14.3 Å². The van der Waals surface area contributed by atoms with E-state index in [0.717, 1.165) is 29.8 Å². The van der Waals surface area contributed by atoms with Gasteiger partial charge in [0.1, 0.15) is 0 Å². The minimum absolute atomic E-state index is 0.259. The van der Waals surface area contributed by atoms with Crippen molar-refractivity contribution in [3.05, 3.63) is 47.8 Å². The molecule has 0 fully saturated rings. The maximum Gasteiger partial charge on any atom is 0.316 e. The van der Waals surface area contributed by atoms with Gasteiger partial charge in [0.15, 0.2) is 0 Å². The fourth-order valence-electron chi connectivity index (χ4n) is 3.18. The van der Waals surface area contributed by atoms with Crippen molar-refractivity contribution in [1.29, 1.82) is 0 Å². The third-order valence-corrected chi connectivity index (χ3v) is 4.40. The molecule has 2 aromatic rings. The zero-order chi connectivity index (χ0) is 17.8. The van der Waals surface area contributed by atoms with Gasteiger partial charge in [0.05, 0.1) is 18.3 Å². The van der Waals surface area contributed by atoms with Gasteiger partial charge >= 0.3 is 11.8 Å². The van der Waals surface area contributed by atoms with E-state index in [1.54, 1.807) is 36.0 Å². The number of rotatable bonds is 4. The zero-order valence-corrected chi connectivity index (χ0v) is 14.4. The molecule has 7 heteroatoms. The van der Waals surface area contributed by atoms with E-state index >= 15 is 0 Å². The van der Waals surface area contributed by atoms with Crippen LogP contribution < -0.4 is 10.2 Å². The molecule has 1 aromatic carbocycles. The number of methoxy groups -OCH3 is 1. The smallest absolute Gasteiger partial charge is 0.316 e. The average molecular weight is 342 g/mol. The summed E-state index contributed by atoms with van der Waals surface area (Å²) < 4.78 is 6.84. The number of fused-ring (bicyclic) bond motifs is 1. The number of benzene rings is 1. The number of ether oxygens (including phenoxy) is 1. The summed E-state index contributed by atoms with van der Waals surface area (Å²) in [6.07, 6.45) is 3.41. The maximum absolute atomic E-state index is 12.7. The molecule has 7 nitrogen and oxygen atoms in total. The van der Waals surface area contributed by atoms with Gasteiger partial charge in [-0.2, -0.15) is 5.10 Å². The highest BCUT2D eigenvalue weighted by atomic mass is 16.5. The van der Waals surface area contributed by atoms with Gasteiger partial charge in [0.25, 0.3) is 0 Å². The standard InChI is InChI=1S/C18H22N4O3/c1-21-16(9-10-19-21)14(12-25-2)20-17(23)18(24)22-11-5-7-13-6-3-4-8-15(13)22/h3-4,6,8-10,14H,5,7,11-12H2,1-2H3,(H,20,23)/t14-/m0/s1. The van der Waals surface area contributed by atoms with Crippen LogP contribution in [0.3, 0.4) is 0 Å². The van der Waals surface area contributed by atoms with Crippen molar-refractivity contribution in [2.75, 3.05) is 25.2 Å². The maximum atomic E-state index is 12.7. The second-order valence-electron chi connectivity index (χ2n) is 6.05. The summed E-state index contributed by atoms with van der Waals surface area (Å²) in [4.78, 5) is 26.8. The van der Waals surface area contributed by atoms with Crippen molar-refractivity contribution >= 4 is 17.5 Å². The number of anilines is 1. The molecule has 0 bridgehead atoms. The summed E-state index contributed by atoms with van der Waals surface area (Å²) in [7, 11) is 3.34. The first-order valence-corrected chi connectivity index (χ1v) is 8.29. The molecule has 2 heterocycles. The van der Waals surface area contributed by atoms with Crippen molar-refractivity contribution in [2.24, 2.45) is 7.05 Å². The van der Waals surface area contributed by atoms with Gasteiger partial charge in [0, 0.05) is 32.6 Å². The van der Waals surface area contributed by atoms with Crippen LogP contribution in [0.15, 0.2) is 36.5 Å². The predicted octanol–water partition coefficient (Wildman–Crippen LogP) is 1.20. The topological polar surface area (TPSA) is 76.5 Å². The predicted molar refractivity (Wildman–Crippen MR) is 93.1 cm³/mol. The van der Waals surface area contributed by atoms with E-state index in [1.165, 1.54) is 0 Å². The van der Waals surface area contributed by atoms with E-state index in [-0.39, 0.29) is 6.61 Å². The SMILES string of the molecule is COC[C@H](NC(=O)C(=O)N1CCCc2ccccc21)c1ccnn1C. The quantitative estimate of drug-likeness (QED) is 0.847. The second kappa shape index (κ2) is 7.48. The molecule has 1 aliphatic rings.